The summed E-state index contributed by atoms with van der Waals surface area (Å²) >= 11 is 0. The Morgan fingerprint density at radius 3 is 2.57 bits per heavy atom. The van der Waals surface area contributed by atoms with Gasteiger partial charge in [-0.1, -0.05) is 26.5 Å². The molecule has 0 aliphatic heterocycles. The Bertz CT molecular complexity index is 371. The van der Waals surface area contributed by atoms with E-state index in [0.29, 0.717) is 5.92 Å². The second-order valence-electron chi connectivity index (χ2n) is 3.86. The van der Waals surface area contributed by atoms with Gasteiger partial charge in [0.1, 0.15) is 5.49 Å². The number of pyridine rings is 1. The number of nitrogens with zero attached hydrogens (tertiary/aromatic N) is 2. The van der Waals surface area contributed by atoms with Crippen molar-refractivity contribution in [2.45, 2.75) is 26.7 Å². The zero-order valence-corrected chi connectivity index (χ0v) is 9.41. The van der Waals surface area contributed by atoms with Gasteiger partial charge in [-0.25, -0.2) is 4.99 Å². The van der Waals surface area contributed by atoms with Crippen molar-refractivity contribution in [1.29, 1.82) is 0 Å². The molecule has 0 radical (unpaired) electrons. The van der Waals surface area contributed by atoms with Crippen LogP contribution in [-0.2, 0) is 7.05 Å². The Balaban J connectivity index is 3.40. The molecular formula is C12H18N2. The topological polar surface area (TPSA) is 17.3 Å². The lowest BCUT2D eigenvalue weighted by molar-refractivity contribution is 0.772. The van der Waals surface area contributed by atoms with Gasteiger partial charge in [-0.15, -0.1) is 0 Å². The van der Waals surface area contributed by atoms with E-state index in [0.717, 1.165) is 5.49 Å². The monoisotopic (exact) mass is 190 g/mol. The van der Waals surface area contributed by atoms with Gasteiger partial charge in [0, 0.05) is 19.4 Å². The number of hydrogen-bond acceptors (Lipinski definition) is 1. The molecule has 0 aliphatic rings. The maximum atomic E-state index is 4.23. The smallest absolute Gasteiger partial charge is 0.135 e. The highest BCUT2D eigenvalue weighted by atomic mass is 15.0. The largest absolute Gasteiger partial charge is 0.336 e. The summed E-state index contributed by atoms with van der Waals surface area (Å²) in [4.78, 5) is 4.23. The van der Waals surface area contributed by atoms with Gasteiger partial charge in [-0.2, -0.15) is 0 Å². The fourth-order valence-electron chi connectivity index (χ4n) is 1.51. The average Bonchev–Trinajstić information content (AvgIpc) is 2.10. The first kappa shape index (κ1) is 10.8. The zero-order chi connectivity index (χ0) is 10.7. The molecule has 0 unspecified atom stereocenters. The summed E-state index contributed by atoms with van der Waals surface area (Å²) in [6.45, 7) is 10.1. The first-order valence-corrected chi connectivity index (χ1v) is 4.88. The van der Waals surface area contributed by atoms with Gasteiger partial charge in [-0.3, -0.25) is 0 Å². The Labute approximate surface area is 85.6 Å². The van der Waals surface area contributed by atoms with Crippen LogP contribution in [0.3, 0.4) is 0 Å². The third-order valence-corrected chi connectivity index (χ3v) is 2.29. The standard InChI is InChI=1S/C12H18N2/c1-6-13-12-10(4)7-11(9(2)3)8-14(12)5/h6-9H,1H2,2-5H3. The van der Waals surface area contributed by atoms with E-state index in [4.69, 9.17) is 0 Å². The maximum absolute atomic E-state index is 4.23. The van der Waals surface area contributed by atoms with Crippen molar-refractivity contribution in [3.05, 3.63) is 41.7 Å². The molecular weight excluding hydrogens is 172 g/mol. The fraction of sp³-hybridized carbons (Fsp3) is 0.417. The quantitative estimate of drug-likeness (QED) is 0.682. The summed E-state index contributed by atoms with van der Waals surface area (Å²) in [5.41, 5.74) is 3.51. The normalized spacial score (nSPS) is 12.2. The van der Waals surface area contributed by atoms with Gasteiger partial charge in [0.05, 0.1) is 0 Å². The fourth-order valence-corrected chi connectivity index (χ4v) is 1.51. The van der Waals surface area contributed by atoms with Gasteiger partial charge in [-0.05, 0) is 24.0 Å². The Morgan fingerprint density at radius 2 is 2.14 bits per heavy atom. The minimum atomic E-state index is 0.553. The predicted molar refractivity (Wildman–Crippen MR) is 60.0 cm³/mol. The van der Waals surface area contributed by atoms with Crippen molar-refractivity contribution < 1.29 is 0 Å². The van der Waals surface area contributed by atoms with Crippen molar-refractivity contribution in [3.8, 4) is 0 Å². The van der Waals surface area contributed by atoms with Crippen molar-refractivity contribution in [2.24, 2.45) is 12.0 Å². The van der Waals surface area contributed by atoms with Gasteiger partial charge in [0.25, 0.3) is 0 Å². The molecule has 0 spiro atoms. The zero-order valence-electron chi connectivity index (χ0n) is 9.41. The number of rotatable bonds is 2. The molecule has 0 bridgehead atoms. The first-order valence-electron chi connectivity index (χ1n) is 4.88. The molecule has 1 rings (SSSR count). The van der Waals surface area contributed by atoms with Crippen molar-refractivity contribution in [1.82, 2.24) is 4.57 Å². The predicted octanol–water partition coefficient (Wildman–Crippen LogP) is 2.50. The number of hydrogen-bond donors (Lipinski definition) is 0. The summed E-state index contributed by atoms with van der Waals surface area (Å²) in [5.74, 6) is 0.553. The van der Waals surface area contributed by atoms with Gasteiger partial charge < -0.3 is 4.57 Å². The lowest BCUT2D eigenvalue weighted by Crippen LogP contribution is -2.21. The molecule has 2 nitrogen and oxygen atoms in total. The molecule has 0 aliphatic carbocycles. The molecule has 76 valence electrons. The molecule has 0 atom stereocenters. The molecule has 1 aromatic heterocycles. The van der Waals surface area contributed by atoms with Crippen molar-refractivity contribution >= 4 is 0 Å². The van der Waals surface area contributed by atoms with Gasteiger partial charge in [0.2, 0.25) is 0 Å². The summed E-state index contributed by atoms with van der Waals surface area (Å²) < 4.78 is 2.05. The van der Waals surface area contributed by atoms with E-state index in [1.54, 1.807) is 6.20 Å². The number of aryl methyl sites for hydroxylation is 2. The van der Waals surface area contributed by atoms with Crippen LogP contribution in [0, 0.1) is 6.92 Å². The molecule has 0 aromatic carbocycles. The summed E-state index contributed by atoms with van der Waals surface area (Å²) in [5, 5.41) is 0. The molecule has 0 amide bonds. The Hall–Kier alpha value is -1.31. The molecule has 0 saturated carbocycles. The lowest BCUT2D eigenvalue weighted by Gasteiger charge is -2.10. The maximum Gasteiger partial charge on any atom is 0.135 e. The molecule has 0 saturated heterocycles. The van der Waals surface area contributed by atoms with Crippen LogP contribution in [0.4, 0.5) is 0 Å². The van der Waals surface area contributed by atoms with E-state index in [1.165, 1.54) is 11.1 Å². The van der Waals surface area contributed by atoms with Crippen molar-refractivity contribution in [2.75, 3.05) is 0 Å². The van der Waals surface area contributed by atoms with Gasteiger partial charge in [0.15, 0.2) is 0 Å². The minimum Gasteiger partial charge on any atom is -0.336 e. The van der Waals surface area contributed by atoms with E-state index in [1.807, 2.05) is 11.6 Å². The van der Waals surface area contributed by atoms with Crippen LogP contribution in [0.1, 0.15) is 30.9 Å². The van der Waals surface area contributed by atoms with Crippen LogP contribution < -0.4 is 5.49 Å². The SMILES string of the molecule is C=CN=c1c(C)cc(C(C)C)cn1C. The Kier molecular flexibility index (Phi) is 3.28. The van der Waals surface area contributed by atoms with Crippen molar-refractivity contribution in [3.63, 3.8) is 0 Å². The average molecular weight is 190 g/mol. The molecule has 0 fully saturated rings. The third kappa shape index (κ3) is 2.13. The van der Waals surface area contributed by atoms with E-state index in [2.05, 4.69) is 44.6 Å². The number of aromatic nitrogens is 1. The van der Waals surface area contributed by atoms with Crippen LogP contribution in [0.2, 0.25) is 0 Å². The molecule has 14 heavy (non-hydrogen) atoms. The highest BCUT2D eigenvalue weighted by Crippen LogP contribution is 2.12. The van der Waals surface area contributed by atoms with E-state index in [9.17, 15) is 0 Å². The van der Waals surface area contributed by atoms with Crippen LogP contribution in [0.5, 0.6) is 0 Å². The van der Waals surface area contributed by atoms with E-state index in [-0.39, 0.29) is 0 Å². The second-order valence-corrected chi connectivity index (χ2v) is 3.86. The van der Waals surface area contributed by atoms with Crippen LogP contribution in [0.15, 0.2) is 30.0 Å². The van der Waals surface area contributed by atoms with E-state index >= 15 is 0 Å². The van der Waals surface area contributed by atoms with Crippen LogP contribution in [0.25, 0.3) is 0 Å². The van der Waals surface area contributed by atoms with Crippen LogP contribution in [-0.4, -0.2) is 4.57 Å². The Morgan fingerprint density at radius 1 is 1.50 bits per heavy atom. The highest BCUT2D eigenvalue weighted by molar-refractivity contribution is 5.20. The van der Waals surface area contributed by atoms with E-state index < -0.39 is 0 Å². The minimum absolute atomic E-state index is 0.553. The van der Waals surface area contributed by atoms with Gasteiger partial charge >= 0.3 is 0 Å². The second kappa shape index (κ2) is 4.27. The summed E-state index contributed by atoms with van der Waals surface area (Å²) in [7, 11) is 2.02. The highest BCUT2D eigenvalue weighted by Gasteiger charge is 2.02. The third-order valence-electron chi connectivity index (χ3n) is 2.29. The molecule has 0 N–H and O–H groups in total. The summed E-state index contributed by atoms with van der Waals surface area (Å²) in [6, 6.07) is 2.19. The van der Waals surface area contributed by atoms with Crippen LogP contribution >= 0.6 is 0 Å². The first-order chi connectivity index (χ1) is 6.56. The molecule has 1 aromatic rings. The summed E-state index contributed by atoms with van der Waals surface area (Å²) in [6.07, 6.45) is 3.71. The lowest BCUT2D eigenvalue weighted by atomic mass is 10.0. The molecule has 2 heteroatoms. The molecule has 1 heterocycles.